The molecule has 4 atom stereocenters. The topological polar surface area (TPSA) is 171 Å². The number of nitrogens with zero attached hydrogens (tertiary/aromatic N) is 5. The van der Waals surface area contributed by atoms with Gasteiger partial charge >= 0.3 is 17.6 Å². The maximum absolute atomic E-state index is 15.6. The monoisotopic (exact) mass is 482 g/mol. The van der Waals surface area contributed by atoms with E-state index in [2.05, 4.69) is 15.0 Å². The van der Waals surface area contributed by atoms with Crippen LogP contribution in [0.4, 0.5) is 10.2 Å². The molecule has 1 fully saturated rings. The zero-order valence-electron chi connectivity index (χ0n) is 19.4. The maximum Gasteiger partial charge on any atom is 0.351 e. The van der Waals surface area contributed by atoms with Crippen LogP contribution in [0.5, 0.6) is 0 Å². The van der Waals surface area contributed by atoms with Gasteiger partial charge in [-0.3, -0.25) is 14.2 Å². The summed E-state index contributed by atoms with van der Waals surface area (Å²) in [4.78, 5) is 43.1. The number of azide groups is 1. The SMILES string of the molecule is CCCCCC(=O)OC[C@@]1(N=[N+]=[N-])O[C@@H](n2ccc(N)nc2=O)[C@H](F)[C@@H]1OC(=O)CCCCC. The van der Waals surface area contributed by atoms with Gasteiger partial charge < -0.3 is 19.9 Å². The molecule has 34 heavy (non-hydrogen) atoms. The average molecular weight is 483 g/mol. The second-order valence-corrected chi connectivity index (χ2v) is 8.01. The number of unbranched alkanes of at least 4 members (excludes halogenated alkanes) is 4. The molecule has 0 bridgehead atoms. The number of ether oxygens (including phenoxy) is 3. The average Bonchev–Trinajstić information content (AvgIpc) is 3.05. The van der Waals surface area contributed by atoms with Crippen LogP contribution < -0.4 is 11.4 Å². The summed E-state index contributed by atoms with van der Waals surface area (Å²) in [5, 5.41) is 3.53. The van der Waals surface area contributed by atoms with Crippen LogP contribution in [0.1, 0.15) is 71.4 Å². The van der Waals surface area contributed by atoms with Crippen molar-refractivity contribution in [3.8, 4) is 0 Å². The number of nitrogens with two attached hydrogens (primary N) is 1. The molecule has 0 aromatic carbocycles. The van der Waals surface area contributed by atoms with Crippen molar-refractivity contribution in [1.29, 1.82) is 0 Å². The highest BCUT2D eigenvalue weighted by molar-refractivity contribution is 5.70. The molecule has 2 rings (SSSR count). The van der Waals surface area contributed by atoms with E-state index in [1.807, 2.05) is 13.8 Å². The lowest BCUT2D eigenvalue weighted by molar-refractivity contribution is -0.177. The largest absolute Gasteiger partial charge is 0.462 e. The zero-order valence-corrected chi connectivity index (χ0v) is 19.4. The van der Waals surface area contributed by atoms with Crippen molar-refractivity contribution in [2.24, 2.45) is 5.11 Å². The second kappa shape index (κ2) is 12.9. The summed E-state index contributed by atoms with van der Waals surface area (Å²) < 4.78 is 32.6. The van der Waals surface area contributed by atoms with Crippen LogP contribution in [0.25, 0.3) is 10.4 Å². The Morgan fingerprint density at radius 2 is 1.91 bits per heavy atom. The van der Waals surface area contributed by atoms with Crippen molar-refractivity contribution in [3.05, 3.63) is 33.2 Å². The molecule has 1 saturated heterocycles. The van der Waals surface area contributed by atoms with Gasteiger partial charge in [-0.1, -0.05) is 44.6 Å². The van der Waals surface area contributed by atoms with E-state index < -0.39 is 48.5 Å². The standard InChI is InChI=1S/C21H31FN6O6/c1-3-5-7-9-15(29)32-13-21(26-27-24)18(33-16(30)10-8-6-4-2)17(22)19(34-21)28-12-11-14(23)25-20(28)31/h11-12,17-19H,3-10,13H2,1-2H3,(H2,23,25,31)/t17-,18+,19-,21-/m1/s1. The Bertz CT molecular complexity index is 952. The summed E-state index contributed by atoms with van der Waals surface area (Å²) in [5.41, 5.74) is 11.5. The first-order chi connectivity index (χ1) is 16.3. The molecule has 1 aliphatic rings. The molecular weight excluding hydrogens is 451 g/mol. The molecular formula is C21H31FN6O6. The summed E-state index contributed by atoms with van der Waals surface area (Å²) in [5.74, 6) is -1.43. The van der Waals surface area contributed by atoms with Crippen LogP contribution >= 0.6 is 0 Å². The normalized spacial score (nSPS) is 23.8. The van der Waals surface area contributed by atoms with Gasteiger partial charge in [-0.2, -0.15) is 4.98 Å². The molecule has 1 aliphatic heterocycles. The molecule has 0 radical (unpaired) electrons. The van der Waals surface area contributed by atoms with Crippen LogP contribution in [0.3, 0.4) is 0 Å². The molecule has 0 unspecified atom stereocenters. The maximum atomic E-state index is 15.6. The Morgan fingerprint density at radius 3 is 2.50 bits per heavy atom. The quantitative estimate of drug-likeness (QED) is 0.147. The van der Waals surface area contributed by atoms with Crippen LogP contribution in [-0.4, -0.2) is 46.1 Å². The van der Waals surface area contributed by atoms with E-state index in [1.165, 1.54) is 6.07 Å². The highest BCUT2D eigenvalue weighted by Gasteiger charge is 2.60. The number of alkyl halides is 1. The second-order valence-electron chi connectivity index (χ2n) is 8.01. The fourth-order valence-electron chi connectivity index (χ4n) is 3.52. The van der Waals surface area contributed by atoms with Crippen LogP contribution in [-0.2, 0) is 23.8 Å². The molecule has 1 aromatic heterocycles. The van der Waals surface area contributed by atoms with E-state index in [0.29, 0.717) is 12.8 Å². The van der Waals surface area contributed by atoms with E-state index >= 15 is 4.39 Å². The Kier molecular flexibility index (Phi) is 10.3. The van der Waals surface area contributed by atoms with Crippen LogP contribution in [0.15, 0.2) is 22.2 Å². The smallest absolute Gasteiger partial charge is 0.351 e. The first-order valence-corrected chi connectivity index (χ1v) is 11.4. The number of hydrogen-bond donors (Lipinski definition) is 1. The minimum Gasteiger partial charge on any atom is -0.462 e. The third kappa shape index (κ3) is 6.91. The van der Waals surface area contributed by atoms with Gasteiger partial charge in [0.2, 0.25) is 5.72 Å². The zero-order chi connectivity index (χ0) is 25.1. The van der Waals surface area contributed by atoms with Crippen molar-refractivity contribution in [3.63, 3.8) is 0 Å². The predicted octanol–water partition coefficient (Wildman–Crippen LogP) is 3.31. The number of carbonyl (C=O) groups is 2. The number of aromatic nitrogens is 2. The molecule has 0 spiro atoms. The van der Waals surface area contributed by atoms with E-state index in [4.69, 9.17) is 25.5 Å². The molecule has 12 nitrogen and oxygen atoms in total. The molecule has 1 aromatic rings. The molecule has 0 amide bonds. The lowest BCUT2D eigenvalue weighted by atomic mass is 10.1. The first-order valence-electron chi connectivity index (χ1n) is 11.4. The Hall–Kier alpha value is -3.18. The fourth-order valence-corrected chi connectivity index (χ4v) is 3.52. The van der Waals surface area contributed by atoms with Gasteiger partial charge in [-0.15, -0.1) is 0 Å². The summed E-state index contributed by atoms with van der Waals surface area (Å²) in [6.07, 6.45) is 0.129. The Balaban J connectivity index is 2.33. The summed E-state index contributed by atoms with van der Waals surface area (Å²) >= 11 is 0. The van der Waals surface area contributed by atoms with Gasteiger partial charge in [0, 0.05) is 24.0 Å². The Labute approximate surface area is 196 Å². The minimum absolute atomic E-state index is 0.00819. The third-order valence-electron chi connectivity index (χ3n) is 5.34. The predicted molar refractivity (Wildman–Crippen MR) is 119 cm³/mol. The lowest BCUT2D eigenvalue weighted by Gasteiger charge is -2.28. The van der Waals surface area contributed by atoms with Gasteiger partial charge in [0.25, 0.3) is 0 Å². The van der Waals surface area contributed by atoms with Crippen molar-refractivity contribution in [1.82, 2.24) is 9.55 Å². The number of esters is 2. The fraction of sp³-hybridized carbons (Fsp3) is 0.714. The van der Waals surface area contributed by atoms with Crippen molar-refractivity contribution in [2.45, 2.75) is 89.4 Å². The number of carbonyl (C=O) groups excluding carboxylic acids is 2. The number of hydrogen-bond acceptors (Lipinski definition) is 9. The number of nitrogen functional groups attached to an aromatic ring is 1. The van der Waals surface area contributed by atoms with Crippen molar-refractivity contribution in [2.75, 3.05) is 12.3 Å². The number of halogens is 1. The van der Waals surface area contributed by atoms with Crippen LogP contribution in [0.2, 0.25) is 0 Å². The third-order valence-corrected chi connectivity index (χ3v) is 5.34. The Morgan fingerprint density at radius 1 is 1.26 bits per heavy atom. The van der Waals surface area contributed by atoms with E-state index in [9.17, 15) is 14.4 Å². The van der Waals surface area contributed by atoms with Gasteiger partial charge in [-0.05, 0) is 24.4 Å². The minimum atomic E-state index is -2.22. The molecule has 13 heteroatoms. The first kappa shape index (κ1) is 27.1. The van der Waals surface area contributed by atoms with E-state index in [0.717, 1.165) is 36.4 Å². The van der Waals surface area contributed by atoms with Gasteiger partial charge in [0.05, 0.1) is 0 Å². The van der Waals surface area contributed by atoms with Crippen LogP contribution in [0, 0.1) is 0 Å². The highest BCUT2D eigenvalue weighted by atomic mass is 19.1. The number of rotatable bonds is 13. The van der Waals surface area contributed by atoms with Gasteiger partial charge in [0.15, 0.2) is 18.5 Å². The molecule has 0 aliphatic carbocycles. The molecule has 2 N–H and O–H groups in total. The van der Waals surface area contributed by atoms with E-state index in [1.54, 1.807) is 0 Å². The lowest BCUT2D eigenvalue weighted by Crippen LogP contribution is -2.47. The number of anilines is 1. The molecule has 2 heterocycles. The van der Waals surface area contributed by atoms with Gasteiger partial charge in [0.1, 0.15) is 12.4 Å². The highest BCUT2D eigenvalue weighted by Crippen LogP contribution is 2.42. The van der Waals surface area contributed by atoms with Crippen molar-refractivity contribution >= 4 is 17.8 Å². The summed E-state index contributed by atoms with van der Waals surface area (Å²) in [6, 6.07) is 1.25. The summed E-state index contributed by atoms with van der Waals surface area (Å²) in [6.45, 7) is 3.23. The van der Waals surface area contributed by atoms with E-state index in [-0.39, 0.29) is 18.7 Å². The summed E-state index contributed by atoms with van der Waals surface area (Å²) in [7, 11) is 0. The molecule has 188 valence electrons. The van der Waals surface area contributed by atoms with Crippen molar-refractivity contribution < 1.29 is 28.2 Å². The molecule has 0 saturated carbocycles. The van der Waals surface area contributed by atoms with Gasteiger partial charge in [-0.25, -0.2) is 9.18 Å².